The number of benzene rings is 1. The molecule has 1 aliphatic heterocycles. The van der Waals surface area contributed by atoms with Crippen molar-refractivity contribution in [3.8, 4) is 5.75 Å². The van der Waals surface area contributed by atoms with Crippen molar-refractivity contribution in [1.82, 2.24) is 20.9 Å². The predicted molar refractivity (Wildman–Crippen MR) is 188 cm³/mol. The molecule has 0 aromatic heterocycles. The summed E-state index contributed by atoms with van der Waals surface area (Å²) in [6, 6.07) is 0.912. The molecule has 1 aromatic carbocycles. The maximum Gasteiger partial charge on any atom is 0.303 e. The Morgan fingerprint density at radius 3 is 2.20 bits per heavy atom. The van der Waals surface area contributed by atoms with Crippen LogP contribution in [0.1, 0.15) is 84.1 Å². The van der Waals surface area contributed by atoms with Crippen LogP contribution in [0.3, 0.4) is 0 Å². The second-order valence-corrected chi connectivity index (χ2v) is 13.3. The van der Waals surface area contributed by atoms with Crippen LogP contribution in [0.2, 0.25) is 0 Å². The molecule has 284 valence electrons. The number of phenols is 1. The third-order valence-corrected chi connectivity index (χ3v) is 9.34. The monoisotopic (exact) mass is 717 g/mol. The van der Waals surface area contributed by atoms with E-state index in [9.17, 15) is 38.7 Å². The van der Waals surface area contributed by atoms with E-state index in [1.807, 2.05) is 13.8 Å². The van der Waals surface area contributed by atoms with Gasteiger partial charge in [-0.3, -0.25) is 33.6 Å². The van der Waals surface area contributed by atoms with Crippen LogP contribution in [0.15, 0.2) is 24.3 Å². The van der Waals surface area contributed by atoms with E-state index >= 15 is 0 Å². The van der Waals surface area contributed by atoms with Crippen molar-refractivity contribution in [3.63, 3.8) is 0 Å². The van der Waals surface area contributed by atoms with Gasteiger partial charge in [0.15, 0.2) is 5.78 Å². The second-order valence-electron chi connectivity index (χ2n) is 13.3. The van der Waals surface area contributed by atoms with Gasteiger partial charge in [-0.15, -0.1) is 0 Å². The maximum absolute atomic E-state index is 14.1. The van der Waals surface area contributed by atoms with Gasteiger partial charge in [0.05, 0.1) is 12.1 Å². The fourth-order valence-electron chi connectivity index (χ4n) is 5.89. The molecule has 0 unspecified atom stereocenters. The van der Waals surface area contributed by atoms with Crippen LogP contribution in [0.5, 0.6) is 5.75 Å². The maximum atomic E-state index is 14.1. The van der Waals surface area contributed by atoms with E-state index in [4.69, 9.17) is 22.3 Å². The highest BCUT2D eigenvalue weighted by Crippen LogP contribution is 2.26. The number of phenolic OH excluding ortho intramolecular Hbond substituents is 1. The molecule has 0 bridgehead atoms. The number of nitrogens with two attached hydrogens (primary N) is 3. The lowest BCUT2D eigenvalue weighted by Gasteiger charge is -2.30. The Labute approximate surface area is 298 Å². The zero-order valence-corrected chi connectivity index (χ0v) is 29.8. The quantitative estimate of drug-likeness (QED) is 0.0729. The summed E-state index contributed by atoms with van der Waals surface area (Å²) in [5, 5.41) is 26.6. The number of aliphatic carboxylic acids is 1. The van der Waals surface area contributed by atoms with E-state index < -0.39 is 83.8 Å². The fourth-order valence-corrected chi connectivity index (χ4v) is 5.89. The van der Waals surface area contributed by atoms with E-state index in [1.165, 1.54) is 24.0 Å². The minimum Gasteiger partial charge on any atom is -0.508 e. The number of unbranched alkanes of at least 4 members (excludes halogenated alkanes) is 1. The van der Waals surface area contributed by atoms with Crippen molar-refractivity contribution in [2.75, 3.05) is 13.1 Å². The number of nitrogens with zero attached hydrogens (tertiary/aromatic N) is 1. The minimum absolute atomic E-state index is 0.0125. The minimum atomic E-state index is -1.24. The highest BCUT2D eigenvalue weighted by Gasteiger charge is 2.39. The van der Waals surface area contributed by atoms with Gasteiger partial charge < -0.3 is 48.3 Å². The SMILES string of the molecule is CC[C@H](C)[C@H](N)C(=O)N[C@@H](C)C(=O)N[C@@H](Cc1ccc(O)cc1)C(=O)C[C@H](CCCCN)C(=O)N1CCC[C@H]1C(=O)N[C@@H](CCC(=O)O)C(N)=O. The molecule has 7 atom stereocenters. The summed E-state index contributed by atoms with van der Waals surface area (Å²) in [7, 11) is 0. The Morgan fingerprint density at radius 2 is 1.61 bits per heavy atom. The highest BCUT2D eigenvalue weighted by molar-refractivity contribution is 5.96. The number of carbonyl (C=O) groups excluding carboxylic acids is 6. The average molecular weight is 718 g/mol. The van der Waals surface area contributed by atoms with Crippen molar-refractivity contribution in [1.29, 1.82) is 0 Å². The number of carboxylic acids is 1. The standard InChI is InChI=1S/C35H55N7O9/c1-4-20(2)30(37)34(50)39-21(3)32(48)41-26(18-22-10-12-24(43)13-11-22)28(44)19-23(8-5-6-16-36)35(51)42-17-7-9-27(42)33(49)40-25(31(38)47)14-15-29(45)46/h10-13,20-21,23,25-27,30,43H,4-9,14-19,36-37H2,1-3H3,(H2,38,47)(H,39,50)(H,40,49)(H,41,48)(H,45,46)/t20-,21-,23-,25-,26-,27-,30-/m0/s1. The van der Waals surface area contributed by atoms with Gasteiger partial charge >= 0.3 is 5.97 Å². The molecule has 1 heterocycles. The molecule has 1 saturated heterocycles. The van der Waals surface area contributed by atoms with Crippen LogP contribution in [-0.2, 0) is 40.0 Å². The van der Waals surface area contributed by atoms with Crippen molar-refractivity contribution >= 4 is 41.3 Å². The molecule has 1 fully saturated rings. The van der Waals surface area contributed by atoms with Crippen molar-refractivity contribution in [3.05, 3.63) is 29.8 Å². The first kappa shape index (κ1) is 42.6. The summed E-state index contributed by atoms with van der Waals surface area (Å²) in [4.78, 5) is 91.6. The number of primary amides is 1. The van der Waals surface area contributed by atoms with Gasteiger partial charge in [0.2, 0.25) is 29.5 Å². The van der Waals surface area contributed by atoms with Crippen LogP contribution in [-0.4, -0.2) is 99.7 Å². The van der Waals surface area contributed by atoms with Gasteiger partial charge in [-0.1, -0.05) is 38.8 Å². The van der Waals surface area contributed by atoms with Crippen LogP contribution in [0, 0.1) is 11.8 Å². The summed E-state index contributed by atoms with van der Waals surface area (Å²) in [5.74, 6) is -5.75. The summed E-state index contributed by atoms with van der Waals surface area (Å²) in [6.07, 6.45) is 1.93. The predicted octanol–water partition coefficient (Wildman–Crippen LogP) is -0.172. The summed E-state index contributed by atoms with van der Waals surface area (Å²) in [6.45, 7) is 5.77. The lowest BCUT2D eigenvalue weighted by Crippen LogP contribution is -2.55. The molecule has 2 rings (SSSR count). The van der Waals surface area contributed by atoms with Crippen LogP contribution in [0.4, 0.5) is 0 Å². The van der Waals surface area contributed by atoms with Gasteiger partial charge in [-0.05, 0) is 75.6 Å². The van der Waals surface area contributed by atoms with Crippen molar-refractivity contribution in [2.45, 2.75) is 115 Å². The number of rotatable bonds is 22. The summed E-state index contributed by atoms with van der Waals surface area (Å²) >= 11 is 0. The number of amides is 5. The van der Waals surface area contributed by atoms with Gasteiger partial charge in [-0.25, -0.2) is 0 Å². The summed E-state index contributed by atoms with van der Waals surface area (Å²) in [5.41, 5.74) is 17.7. The van der Waals surface area contributed by atoms with Gasteiger partial charge in [0.25, 0.3) is 0 Å². The van der Waals surface area contributed by atoms with E-state index in [2.05, 4.69) is 16.0 Å². The molecule has 0 aliphatic carbocycles. The fraction of sp³-hybridized carbons (Fsp3) is 0.629. The first-order valence-corrected chi connectivity index (χ1v) is 17.6. The van der Waals surface area contributed by atoms with Crippen LogP contribution in [0.25, 0.3) is 0 Å². The molecule has 16 heteroatoms. The van der Waals surface area contributed by atoms with Gasteiger partial charge in [-0.2, -0.15) is 0 Å². The number of nitrogens with one attached hydrogen (secondary N) is 3. The molecule has 0 saturated carbocycles. The second kappa shape index (κ2) is 20.9. The molecule has 0 spiro atoms. The molecular formula is C35H55N7O9. The Hall–Kier alpha value is -4.57. The molecule has 0 radical (unpaired) electrons. The lowest BCUT2D eigenvalue weighted by atomic mass is 9.90. The largest absolute Gasteiger partial charge is 0.508 e. The number of carboxylic acid groups (broad SMARTS) is 1. The first-order valence-electron chi connectivity index (χ1n) is 17.6. The average Bonchev–Trinajstić information content (AvgIpc) is 3.59. The first-order chi connectivity index (χ1) is 24.1. The van der Waals surface area contributed by atoms with Crippen molar-refractivity contribution < 1.29 is 43.8 Å². The Bertz CT molecular complexity index is 1370. The lowest BCUT2D eigenvalue weighted by molar-refractivity contribution is -0.144. The van der Waals surface area contributed by atoms with Crippen LogP contribution >= 0.6 is 0 Å². The topological polar surface area (TPSA) is 277 Å². The Morgan fingerprint density at radius 1 is 0.941 bits per heavy atom. The molecular weight excluding hydrogens is 662 g/mol. The number of likely N-dealkylation sites (tertiary alicyclic amines) is 1. The molecule has 1 aromatic rings. The number of ketones is 1. The Balaban J connectivity index is 2.30. The zero-order chi connectivity index (χ0) is 38.2. The third-order valence-electron chi connectivity index (χ3n) is 9.34. The number of hydrogen-bond donors (Lipinski definition) is 8. The highest BCUT2D eigenvalue weighted by atomic mass is 16.4. The number of Topliss-reactive ketones (excluding diaryl/α,β-unsaturated/α-hetero) is 1. The van der Waals surface area contributed by atoms with Gasteiger partial charge in [0.1, 0.15) is 23.9 Å². The van der Waals surface area contributed by atoms with E-state index in [0.29, 0.717) is 37.8 Å². The molecule has 1 aliphatic rings. The van der Waals surface area contributed by atoms with E-state index in [1.54, 1.807) is 12.1 Å². The number of carbonyl (C=O) groups is 7. The molecule has 5 amide bonds. The number of hydrogen-bond acceptors (Lipinski definition) is 10. The Kier molecular flexibility index (Phi) is 17.5. The number of aromatic hydroxyl groups is 1. The van der Waals surface area contributed by atoms with E-state index in [-0.39, 0.29) is 50.3 Å². The smallest absolute Gasteiger partial charge is 0.303 e. The molecule has 51 heavy (non-hydrogen) atoms. The summed E-state index contributed by atoms with van der Waals surface area (Å²) < 4.78 is 0. The molecule has 11 N–H and O–H groups in total. The van der Waals surface area contributed by atoms with Crippen LogP contribution < -0.4 is 33.2 Å². The van der Waals surface area contributed by atoms with Gasteiger partial charge in [0, 0.05) is 25.3 Å². The normalized spacial score (nSPS) is 17.7. The third kappa shape index (κ3) is 13.6. The van der Waals surface area contributed by atoms with Crippen molar-refractivity contribution in [2.24, 2.45) is 29.0 Å². The molecule has 16 nitrogen and oxygen atoms in total. The van der Waals surface area contributed by atoms with E-state index in [0.717, 1.165) is 0 Å². The zero-order valence-electron chi connectivity index (χ0n) is 29.8.